The average molecular weight is 632 g/mol. The number of unbranched alkanes of at least 4 members (excludes halogenated alkanes) is 2. The predicted molar refractivity (Wildman–Crippen MR) is 176 cm³/mol. The Morgan fingerprint density at radius 2 is 1.61 bits per heavy atom. The van der Waals surface area contributed by atoms with Crippen LogP contribution in [0.5, 0.6) is 17.2 Å². The first-order chi connectivity index (χ1) is 22.2. The summed E-state index contributed by atoms with van der Waals surface area (Å²) in [5, 5.41) is 9.10. The number of hydrogen-bond acceptors (Lipinski definition) is 9. The Morgan fingerprint density at radius 3 is 2.26 bits per heavy atom. The maximum Gasteiger partial charge on any atom is 0.337 e. The molecule has 0 fully saturated rings. The van der Waals surface area contributed by atoms with Gasteiger partial charge in [0.15, 0.2) is 11.5 Å². The van der Waals surface area contributed by atoms with Crippen molar-refractivity contribution in [3.63, 3.8) is 0 Å². The van der Waals surface area contributed by atoms with Gasteiger partial charge >= 0.3 is 5.97 Å². The second-order valence-corrected chi connectivity index (χ2v) is 11.0. The third-order valence-corrected chi connectivity index (χ3v) is 7.90. The lowest BCUT2D eigenvalue weighted by molar-refractivity contribution is -0.119. The van der Waals surface area contributed by atoms with Crippen molar-refractivity contribution in [3.05, 3.63) is 75.4 Å². The Kier molecular flexibility index (Phi) is 11.6. The molecule has 0 aromatic heterocycles. The van der Waals surface area contributed by atoms with E-state index in [1.54, 1.807) is 57.7 Å². The van der Waals surface area contributed by atoms with Crippen molar-refractivity contribution < 1.29 is 33.3 Å². The molecule has 46 heavy (non-hydrogen) atoms. The van der Waals surface area contributed by atoms with E-state index in [0.29, 0.717) is 72.0 Å². The molecule has 0 spiro atoms. The Hall–Kier alpha value is -5.06. The number of carbonyl (C=O) groups excluding carboxylic acids is 3. The quantitative estimate of drug-likeness (QED) is 0.170. The fourth-order valence-electron chi connectivity index (χ4n) is 5.70. The van der Waals surface area contributed by atoms with Crippen molar-refractivity contribution >= 4 is 29.2 Å². The van der Waals surface area contributed by atoms with Crippen LogP contribution < -0.4 is 35.6 Å². The van der Waals surface area contributed by atoms with E-state index in [9.17, 15) is 19.2 Å². The fraction of sp³-hybridized carbons (Fsp3) is 0.371. The summed E-state index contributed by atoms with van der Waals surface area (Å²) in [6.07, 6.45) is 3.75. The normalized spacial score (nSPS) is 13.3. The number of methoxy groups -OCH3 is 4. The van der Waals surface area contributed by atoms with Crippen molar-refractivity contribution in [3.8, 4) is 28.4 Å². The van der Waals surface area contributed by atoms with Gasteiger partial charge in [-0.15, -0.1) is 0 Å². The molecule has 0 saturated carbocycles. The van der Waals surface area contributed by atoms with Gasteiger partial charge in [-0.3, -0.25) is 14.4 Å². The van der Waals surface area contributed by atoms with Crippen LogP contribution in [0.2, 0.25) is 0 Å². The number of nitrogens with one attached hydrogen (secondary N) is 3. The van der Waals surface area contributed by atoms with Crippen LogP contribution in [-0.4, -0.2) is 52.8 Å². The monoisotopic (exact) mass is 631 g/mol. The first kappa shape index (κ1) is 33.8. The molecule has 244 valence electrons. The minimum absolute atomic E-state index is 0.115. The third-order valence-electron chi connectivity index (χ3n) is 7.90. The molecule has 0 heterocycles. The Morgan fingerprint density at radius 1 is 0.870 bits per heavy atom. The summed E-state index contributed by atoms with van der Waals surface area (Å²) in [6, 6.07) is 13.3. The molecule has 1 atom stereocenters. The summed E-state index contributed by atoms with van der Waals surface area (Å²) in [4.78, 5) is 49.5. The largest absolute Gasteiger partial charge is 0.493 e. The second-order valence-electron chi connectivity index (χ2n) is 11.0. The van der Waals surface area contributed by atoms with Crippen molar-refractivity contribution in [2.75, 3.05) is 45.6 Å². The smallest absolute Gasteiger partial charge is 0.337 e. The number of rotatable bonds is 13. The van der Waals surface area contributed by atoms with Crippen LogP contribution in [0.25, 0.3) is 11.1 Å². The number of carbonyl (C=O) groups is 3. The molecule has 0 radical (unpaired) electrons. The van der Waals surface area contributed by atoms with Crippen molar-refractivity contribution in [2.45, 2.75) is 51.5 Å². The van der Waals surface area contributed by atoms with Crippen molar-refractivity contribution in [1.29, 1.82) is 0 Å². The van der Waals surface area contributed by atoms with E-state index >= 15 is 0 Å². The van der Waals surface area contributed by atoms with Crippen molar-refractivity contribution in [2.24, 2.45) is 0 Å². The van der Waals surface area contributed by atoms with Gasteiger partial charge in [0.1, 0.15) is 0 Å². The molecule has 1 aliphatic rings. The molecule has 0 aliphatic heterocycles. The molecule has 11 heteroatoms. The van der Waals surface area contributed by atoms with E-state index in [2.05, 4.69) is 20.7 Å². The van der Waals surface area contributed by atoms with Crippen LogP contribution in [0, 0.1) is 0 Å². The van der Waals surface area contributed by atoms with E-state index in [0.717, 1.165) is 29.5 Å². The number of hydrogen-bond donors (Lipinski definition) is 3. The molecule has 0 saturated heterocycles. The molecular weight excluding hydrogens is 590 g/mol. The number of anilines is 2. The third kappa shape index (κ3) is 7.96. The highest BCUT2D eigenvalue weighted by atomic mass is 16.5. The lowest BCUT2D eigenvalue weighted by Crippen LogP contribution is -2.26. The summed E-state index contributed by atoms with van der Waals surface area (Å²) in [5.74, 6) is 0.748. The standard InChI is InChI=1S/C35H41N3O8/c1-21(39)37-27-16-12-23-19-30(43-2)33(44-3)34(45-4)32(23)25-15-17-28(29(40)20-26(25)27)36-18-8-6-7-9-31(41)38-24-13-10-22(11-14-24)35(42)46-5/h10-11,13-15,17,19-20,27H,6-9,12,16,18H2,1-5H3,(H,36,40)(H,37,39)(H,38,41)/t27-/m1/s1. The maximum atomic E-state index is 13.5. The predicted octanol–water partition coefficient (Wildman–Crippen LogP) is 5.26. The van der Waals surface area contributed by atoms with Crippen LogP contribution in [0.1, 0.15) is 66.6 Å². The zero-order valence-electron chi connectivity index (χ0n) is 26.9. The number of benzene rings is 2. The van der Waals surface area contributed by atoms with Crippen LogP contribution >= 0.6 is 0 Å². The number of amides is 2. The lowest BCUT2D eigenvalue weighted by Gasteiger charge is -2.19. The molecule has 0 unspecified atom stereocenters. The Bertz CT molecular complexity index is 1640. The Balaban J connectivity index is 1.45. The van der Waals surface area contributed by atoms with E-state index < -0.39 is 5.97 Å². The van der Waals surface area contributed by atoms with Gasteiger partial charge in [-0.25, -0.2) is 4.79 Å². The van der Waals surface area contributed by atoms with Gasteiger partial charge in [0.05, 0.1) is 45.7 Å². The van der Waals surface area contributed by atoms with Gasteiger partial charge in [0.2, 0.25) is 23.0 Å². The number of aryl methyl sites for hydroxylation is 1. The first-order valence-electron chi connectivity index (χ1n) is 15.2. The highest BCUT2D eigenvalue weighted by Gasteiger charge is 2.29. The van der Waals surface area contributed by atoms with Crippen LogP contribution in [-0.2, 0) is 20.7 Å². The van der Waals surface area contributed by atoms with Gasteiger partial charge in [-0.1, -0.05) is 12.5 Å². The lowest BCUT2D eigenvalue weighted by atomic mass is 9.95. The zero-order valence-corrected chi connectivity index (χ0v) is 26.9. The topological polar surface area (TPSA) is 141 Å². The molecule has 11 nitrogen and oxygen atoms in total. The molecule has 3 N–H and O–H groups in total. The molecule has 0 bridgehead atoms. The summed E-state index contributed by atoms with van der Waals surface area (Å²) < 4.78 is 21.8. The summed E-state index contributed by atoms with van der Waals surface area (Å²) in [6.45, 7) is 2.01. The minimum Gasteiger partial charge on any atom is -0.493 e. The van der Waals surface area contributed by atoms with Crippen LogP contribution in [0.3, 0.4) is 0 Å². The second kappa shape index (κ2) is 15.8. The Labute approximate surface area is 268 Å². The highest BCUT2D eigenvalue weighted by molar-refractivity contribution is 5.93. The van der Waals surface area contributed by atoms with Gasteiger partial charge < -0.3 is 34.9 Å². The van der Waals surface area contributed by atoms with Crippen molar-refractivity contribution in [1.82, 2.24) is 5.32 Å². The number of fused-ring (bicyclic) bond motifs is 3. The number of esters is 1. The van der Waals surface area contributed by atoms with E-state index in [-0.39, 0.29) is 23.3 Å². The average Bonchev–Trinajstić information content (AvgIpc) is 3.29. The number of ether oxygens (including phenoxy) is 4. The van der Waals surface area contributed by atoms with E-state index in [4.69, 9.17) is 14.2 Å². The minimum atomic E-state index is -0.434. The molecule has 1 aliphatic carbocycles. The summed E-state index contributed by atoms with van der Waals surface area (Å²) >= 11 is 0. The van der Waals surface area contributed by atoms with Crippen LogP contribution in [0.15, 0.2) is 53.3 Å². The van der Waals surface area contributed by atoms with Crippen LogP contribution in [0.4, 0.5) is 11.4 Å². The van der Waals surface area contributed by atoms with Gasteiger partial charge in [0.25, 0.3) is 0 Å². The SMILES string of the molecule is COC(=O)c1ccc(NC(=O)CCCCCNc2ccc3c(cc2=O)[C@H](NC(C)=O)CCc2cc(OC)c(OC)c(OC)c2-3)cc1. The molecule has 4 rings (SSSR count). The maximum absolute atomic E-state index is 13.5. The van der Waals surface area contributed by atoms with Gasteiger partial charge in [-0.05, 0) is 84.8 Å². The molecule has 3 aromatic carbocycles. The summed E-state index contributed by atoms with van der Waals surface area (Å²) in [7, 11) is 6.00. The van der Waals surface area contributed by atoms with Gasteiger partial charge in [-0.2, -0.15) is 0 Å². The highest BCUT2D eigenvalue weighted by Crippen LogP contribution is 2.50. The van der Waals surface area contributed by atoms with E-state index in [1.807, 2.05) is 12.1 Å². The first-order valence-corrected chi connectivity index (χ1v) is 15.2. The molecule has 3 aromatic rings. The van der Waals surface area contributed by atoms with E-state index in [1.165, 1.54) is 14.0 Å². The fourth-order valence-corrected chi connectivity index (χ4v) is 5.70. The zero-order chi connectivity index (χ0) is 33.2. The molecule has 2 amide bonds. The molecular formula is C35H41N3O8. The summed E-state index contributed by atoms with van der Waals surface area (Å²) in [5.41, 5.74) is 4.47. The van der Waals surface area contributed by atoms with Gasteiger partial charge in [0, 0.05) is 31.1 Å².